The number of methoxy groups -OCH3 is 3. The fourth-order valence-corrected chi connectivity index (χ4v) is 4.24. The van der Waals surface area contributed by atoms with Crippen LogP contribution in [0.25, 0.3) is 0 Å². The summed E-state index contributed by atoms with van der Waals surface area (Å²) in [6, 6.07) is 7.30. The van der Waals surface area contributed by atoms with Crippen LogP contribution in [0.1, 0.15) is 27.8 Å². The van der Waals surface area contributed by atoms with Crippen molar-refractivity contribution in [3.63, 3.8) is 0 Å². The Bertz CT molecular complexity index is 721. The van der Waals surface area contributed by atoms with Crippen molar-refractivity contribution in [2.75, 3.05) is 40.2 Å². The largest absolute Gasteiger partial charge is 0.493 e. The van der Waals surface area contributed by atoms with E-state index in [4.69, 9.17) is 18.6 Å². The first kappa shape index (κ1) is 18.5. The predicted octanol–water partition coefficient (Wildman–Crippen LogP) is 3.63. The van der Waals surface area contributed by atoms with Gasteiger partial charge in [0.2, 0.25) is 5.75 Å². The van der Waals surface area contributed by atoms with Crippen LogP contribution in [0.5, 0.6) is 17.2 Å². The molecule has 1 fully saturated rings. The number of ether oxygens (including phenoxy) is 3. The summed E-state index contributed by atoms with van der Waals surface area (Å²) in [6.07, 6.45) is 2.55. The molecule has 0 bridgehead atoms. The van der Waals surface area contributed by atoms with Crippen LogP contribution in [-0.4, -0.2) is 51.0 Å². The summed E-state index contributed by atoms with van der Waals surface area (Å²) in [6.45, 7) is 1.37. The lowest BCUT2D eigenvalue weighted by Crippen LogP contribution is -2.33. The average Bonchev–Trinajstić information content (AvgIpc) is 3.10. The molecular weight excluding hydrogens is 354 g/mol. The number of rotatable bonds is 5. The summed E-state index contributed by atoms with van der Waals surface area (Å²) in [5.74, 6) is 3.24. The van der Waals surface area contributed by atoms with E-state index in [1.165, 1.54) is 0 Å². The Morgan fingerprint density at radius 2 is 1.88 bits per heavy atom. The van der Waals surface area contributed by atoms with Crippen LogP contribution in [0.3, 0.4) is 0 Å². The summed E-state index contributed by atoms with van der Waals surface area (Å²) >= 11 is 1.82. The first-order valence-corrected chi connectivity index (χ1v) is 9.47. The Balaban J connectivity index is 1.78. The molecule has 2 aromatic rings. The minimum atomic E-state index is -0.0371. The van der Waals surface area contributed by atoms with Crippen LogP contribution in [0.2, 0.25) is 0 Å². The highest BCUT2D eigenvalue weighted by molar-refractivity contribution is 7.99. The summed E-state index contributed by atoms with van der Waals surface area (Å²) in [5.41, 5.74) is 0.529. The fourth-order valence-electron chi connectivity index (χ4n) is 3.06. The molecule has 1 aromatic carbocycles. The third-order valence-corrected chi connectivity index (χ3v) is 5.69. The van der Waals surface area contributed by atoms with Crippen molar-refractivity contribution >= 4 is 17.7 Å². The van der Waals surface area contributed by atoms with Crippen molar-refractivity contribution < 1.29 is 23.4 Å². The van der Waals surface area contributed by atoms with E-state index in [9.17, 15) is 4.79 Å². The molecule has 1 aromatic heterocycles. The summed E-state index contributed by atoms with van der Waals surface area (Å²) in [7, 11) is 4.63. The van der Waals surface area contributed by atoms with E-state index in [0.29, 0.717) is 35.9 Å². The quantitative estimate of drug-likeness (QED) is 0.793. The van der Waals surface area contributed by atoms with Crippen LogP contribution in [0, 0.1) is 0 Å². The smallest absolute Gasteiger partial charge is 0.254 e. The zero-order valence-corrected chi connectivity index (χ0v) is 16.0. The van der Waals surface area contributed by atoms with Gasteiger partial charge in [-0.05, 0) is 30.7 Å². The van der Waals surface area contributed by atoms with Gasteiger partial charge in [0, 0.05) is 24.4 Å². The Morgan fingerprint density at radius 1 is 1.15 bits per heavy atom. The third kappa shape index (κ3) is 3.77. The Kier molecular flexibility index (Phi) is 5.98. The second-order valence-electron chi connectivity index (χ2n) is 5.87. The molecule has 1 unspecified atom stereocenters. The molecule has 0 spiro atoms. The molecule has 0 N–H and O–H groups in total. The highest BCUT2D eigenvalue weighted by Gasteiger charge is 2.26. The lowest BCUT2D eigenvalue weighted by Gasteiger charge is -2.21. The number of carbonyl (C=O) groups is 1. The highest BCUT2D eigenvalue weighted by Crippen LogP contribution is 2.39. The van der Waals surface area contributed by atoms with Crippen molar-refractivity contribution in [1.29, 1.82) is 0 Å². The third-order valence-electron chi connectivity index (χ3n) is 4.40. The number of furan rings is 1. The Morgan fingerprint density at radius 3 is 2.46 bits per heavy atom. The van der Waals surface area contributed by atoms with Gasteiger partial charge in [0.05, 0.1) is 32.8 Å². The molecule has 1 aliphatic heterocycles. The summed E-state index contributed by atoms with van der Waals surface area (Å²) < 4.78 is 21.6. The number of benzene rings is 1. The number of nitrogens with zero attached hydrogens (tertiary/aromatic N) is 1. The van der Waals surface area contributed by atoms with Gasteiger partial charge >= 0.3 is 0 Å². The molecular formula is C19H23NO5S. The zero-order chi connectivity index (χ0) is 18.5. The number of amides is 1. The number of hydrogen-bond acceptors (Lipinski definition) is 6. The van der Waals surface area contributed by atoms with Crippen molar-refractivity contribution in [1.82, 2.24) is 4.90 Å². The van der Waals surface area contributed by atoms with Crippen LogP contribution >= 0.6 is 11.8 Å². The lowest BCUT2D eigenvalue weighted by molar-refractivity contribution is 0.0765. The first-order valence-electron chi connectivity index (χ1n) is 8.42. The SMILES string of the molecule is COc1cc(C(=O)N2CCSC(c3ccco3)CC2)cc(OC)c1OC. The van der Waals surface area contributed by atoms with Gasteiger partial charge in [0.15, 0.2) is 11.5 Å². The maximum Gasteiger partial charge on any atom is 0.254 e. The fraction of sp³-hybridized carbons (Fsp3) is 0.421. The van der Waals surface area contributed by atoms with Gasteiger partial charge in [-0.1, -0.05) is 0 Å². The summed E-state index contributed by atoms with van der Waals surface area (Å²) in [4.78, 5) is 14.9. The van der Waals surface area contributed by atoms with Crippen LogP contribution < -0.4 is 14.2 Å². The van der Waals surface area contributed by atoms with Gasteiger partial charge in [-0.3, -0.25) is 4.79 Å². The van der Waals surface area contributed by atoms with Crippen LogP contribution in [0.4, 0.5) is 0 Å². The molecule has 0 radical (unpaired) electrons. The minimum Gasteiger partial charge on any atom is -0.493 e. The summed E-state index contributed by atoms with van der Waals surface area (Å²) in [5, 5.41) is 0.280. The van der Waals surface area contributed by atoms with E-state index in [0.717, 1.165) is 17.9 Å². The molecule has 0 saturated carbocycles. The van der Waals surface area contributed by atoms with Crippen LogP contribution in [-0.2, 0) is 0 Å². The van der Waals surface area contributed by atoms with Gasteiger partial charge in [-0.25, -0.2) is 0 Å². The number of thioether (sulfide) groups is 1. The Labute approximate surface area is 157 Å². The maximum absolute atomic E-state index is 13.0. The number of hydrogen-bond donors (Lipinski definition) is 0. The van der Waals surface area contributed by atoms with Crippen molar-refractivity contribution in [2.45, 2.75) is 11.7 Å². The van der Waals surface area contributed by atoms with Crippen LogP contribution in [0.15, 0.2) is 34.9 Å². The van der Waals surface area contributed by atoms with E-state index in [1.807, 2.05) is 28.8 Å². The van der Waals surface area contributed by atoms with Gasteiger partial charge < -0.3 is 23.5 Å². The minimum absolute atomic E-state index is 0.0371. The molecule has 1 atom stereocenters. The topological polar surface area (TPSA) is 61.1 Å². The predicted molar refractivity (Wildman–Crippen MR) is 101 cm³/mol. The second-order valence-corrected chi connectivity index (χ2v) is 7.18. The van der Waals surface area contributed by atoms with E-state index in [-0.39, 0.29) is 11.2 Å². The van der Waals surface area contributed by atoms with E-state index < -0.39 is 0 Å². The average molecular weight is 377 g/mol. The molecule has 140 valence electrons. The van der Waals surface area contributed by atoms with E-state index in [1.54, 1.807) is 39.7 Å². The van der Waals surface area contributed by atoms with Gasteiger partial charge in [0.25, 0.3) is 5.91 Å². The first-order chi connectivity index (χ1) is 12.7. The molecule has 26 heavy (non-hydrogen) atoms. The maximum atomic E-state index is 13.0. The van der Waals surface area contributed by atoms with E-state index >= 15 is 0 Å². The zero-order valence-electron chi connectivity index (χ0n) is 15.2. The van der Waals surface area contributed by atoms with Gasteiger partial charge in [-0.15, -0.1) is 11.8 Å². The molecule has 1 saturated heterocycles. The molecule has 6 nitrogen and oxygen atoms in total. The second kappa shape index (κ2) is 8.40. The highest BCUT2D eigenvalue weighted by atomic mass is 32.2. The Hall–Kier alpha value is -2.28. The molecule has 3 rings (SSSR count). The normalized spacial score (nSPS) is 17.5. The van der Waals surface area contributed by atoms with Crippen molar-refractivity contribution in [3.05, 3.63) is 41.9 Å². The number of carbonyl (C=O) groups excluding carboxylic acids is 1. The molecule has 0 aliphatic carbocycles. The standard InChI is InChI=1S/C19H23NO5S/c1-22-15-11-13(12-16(23-2)18(15)24-3)19(21)20-7-6-17(26-10-8-20)14-5-4-9-25-14/h4-5,9,11-12,17H,6-8,10H2,1-3H3. The molecule has 2 heterocycles. The van der Waals surface area contributed by atoms with Crippen molar-refractivity contribution in [2.24, 2.45) is 0 Å². The molecule has 1 aliphatic rings. The lowest BCUT2D eigenvalue weighted by atomic mass is 10.1. The van der Waals surface area contributed by atoms with E-state index in [2.05, 4.69) is 0 Å². The van der Waals surface area contributed by atoms with Crippen molar-refractivity contribution in [3.8, 4) is 17.2 Å². The monoisotopic (exact) mass is 377 g/mol. The molecule has 1 amide bonds. The molecule has 7 heteroatoms. The van der Waals surface area contributed by atoms with Gasteiger partial charge in [0.1, 0.15) is 5.76 Å². The van der Waals surface area contributed by atoms with Gasteiger partial charge in [-0.2, -0.15) is 0 Å².